The van der Waals surface area contributed by atoms with Gasteiger partial charge in [-0.1, -0.05) is 32.0 Å². The fourth-order valence-electron chi connectivity index (χ4n) is 2.80. The van der Waals surface area contributed by atoms with E-state index in [1.807, 2.05) is 13.8 Å². The van der Waals surface area contributed by atoms with Gasteiger partial charge >= 0.3 is 12.3 Å². The number of nitrogens with one attached hydrogen (secondary N) is 1. The van der Waals surface area contributed by atoms with Crippen LogP contribution in [0.25, 0.3) is 0 Å². The number of carbonyl (C=O) groups excluding carboxylic acids is 1. The van der Waals surface area contributed by atoms with Crippen LogP contribution in [0.1, 0.15) is 38.2 Å². The summed E-state index contributed by atoms with van der Waals surface area (Å²) in [6.07, 6.45) is -4.17. The van der Waals surface area contributed by atoms with Gasteiger partial charge in [0.25, 0.3) is 0 Å². The second-order valence-corrected chi connectivity index (χ2v) is 6.56. The molecule has 0 spiro atoms. The number of alkyl halides is 3. The van der Waals surface area contributed by atoms with Crippen molar-refractivity contribution in [2.45, 2.75) is 45.0 Å². The maximum Gasteiger partial charge on any atom is 0.573 e. The van der Waals surface area contributed by atoms with E-state index in [1.165, 1.54) is 18.2 Å². The van der Waals surface area contributed by atoms with Gasteiger partial charge in [-0.25, -0.2) is 4.79 Å². The maximum absolute atomic E-state index is 12.5. The van der Waals surface area contributed by atoms with Gasteiger partial charge in [-0.3, -0.25) is 4.79 Å². The molecule has 1 fully saturated rings. The van der Waals surface area contributed by atoms with E-state index in [-0.39, 0.29) is 18.1 Å². The Bertz CT molecular complexity index is 645. The number of halogens is 3. The van der Waals surface area contributed by atoms with E-state index in [2.05, 4.69) is 10.1 Å². The largest absolute Gasteiger partial charge is 0.573 e. The van der Waals surface area contributed by atoms with Gasteiger partial charge < -0.3 is 15.2 Å². The molecule has 1 aromatic carbocycles. The Hall–Kier alpha value is -2.25. The Morgan fingerprint density at radius 1 is 1.32 bits per heavy atom. The molecule has 8 heteroatoms. The molecule has 0 aliphatic heterocycles. The van der Waals surface area contributed by atoms with Crippen LogP contribution in [0.4, 0.5) is 13.2 Å². The van der Waals surface area contributed by atoms with Crippen LogP contribution in [0.3, 0.4) is 0 Å². The van der Waals surface area contributed by atoms with Crippen LogP contribution < -0.4 is 10.1 Å². The van der Waals surface area contributed by atoms with Gasteiger partial charge in [-0.05, 0) is 36.3 Å². The predicted molar refractivity (Wildman–Crippen MR) is 83.0 cm³/mol. The number of amides is 1. The molecule has 1 amide bonds. The second kappa shape index (κ2) is 7.33. The summed E-state index contributed by atoms with van der Waals surface area (Å²) in [6.45, 7) is 3.68. The Morgan fingerprint density at radius 2 is 1.96 bits per heavy atom. The van der Waals surface area contributed by atoms with E-state index in [4.69, 9.17) is 5.11 Å². The first-order valence-electron chi connectivity index (χ1n) is 7.96. The van der Waals surface area contributed by atoms with Crippen LogP contribution in [0, 0.1) is 11.8 Å². The normalized spacial score (nSPS) is 20.9. The molecule has 0 radical (unpaired) electrons. The number of aliphatic carboxylic acids is 1. The molecule has 1 aliphatic rings. The monoisotopic (exact) mass is 359 g/mol. The van der Waals surface area contributed by atoms with Crippen molar-refractivity contribution in [2.75, 3.05) is 0 Å². The van der Waals surface area contributed by atoms with E-state index >= 15 is 0 Å². The Balaban J connectivity index is 2.05. The number of hydrogen-bond donors (Lipinski definition) is 2. The topological polar surface area (TPSA) is 75.6 Å². The Labute approximate surface area is 143 Å². The summed E-state index contributed by atoms with van der Waals surface area (Å²) in [4.78, 5) is 23.5. The van der Waals surface area contributed by atoms with Crippen LogP contribution in [-0.4, -0.2) is 29.4 Å². The third kappa shape index (κ3) is 5.37. The van der Waals surface area contributed by atoms with E-state index < -0.39 is 36.1 Å². The molecule has 1 aliphatic carbocycles. The number of para-hydroxylation sites is 1. The average Bonchev–Trinajstić information content (AvgIpc) is 3.25. The summed E-state index contributed by atoms with van der Waals surface area (Å²) in [6, 6.07) is 4.68. The molecule has 3 atom stereocenters. The summed E-state index contributed by atoms with van der Waals surface area (Å²) in [5.41, 5.74) is 0.302. The van der Waals surface area contributed by atoms with Crippen LogP contribution in [-0.2, 0) is 9.59 Å². The first kappa shape index (κ1) is 19.1. The lowest BCUT2D eigenvalue weighted by Gasteiger charge is -2.17. The zero-order valence-corrected chi connectivity index (χ0v) is 13.8. The number of benzene rings is 1. The molecular weight excluding hydrogens is 339 g/mol. The SMILES string of the molecule is CC(C)C[C@H](NC(=O)C1CC1c1ccccc1OC(F)(F)F)C(=O)O. The van der Waals surface area contributed by atoms with Crippen LogP contribution in [0.15, 0.2) is 24.3 Å². The van der Waals surface area contributed by atoms with Gasteiger partial charge in [0, 0.05) is 5.92 Å². The van der Waals surface area contributed by atoms with Crippen molar-refractivity contribution in [3.63, 3.8) is 0 Å². The third-order valence-electron chi connectivity index (χ3n) is 3.99. The molecule has 2 unspecified atom stereocenters. The molecule has 0 bridgehead atoms. The van der Waals surface area contributed by atoms with E-state index in [1.54, 1.807) is 6.07 Å². The minimum Gasteiger partial charge on any atom is -0.480 e. The van der Waals surface area contributed by atoms with Gasteiger partial charge in [0.1, 0.15) is 11.8 Å². The molecule has 25 heavy (non-hydrogen) atoms. The first-order chi connectivity index (χ1) is 11.6. The first-order valence-corrected chi connectivity index (χ1v) is 7.96. The van der Waals surface area contributed by atoms with Crippen molar-refractivity contribution in [3.05, 3.63) is 29.8 Å². The number of hydrogen-bond acceptors (Lipinski definition) is 3. The molecule has 1 saturated carbocycles. The van der Waals surface area contributed by atoms with Gasteiger partial charge in [0.15, 0.2) is 0 Å². The van der Waals surface area contributed by atoms with E-state index in [0.717, 1.165) is 0 Å². The summed E-state index contributed by atoms with van der Waals surface area (Å²) in [5.74, 6) is -2.79. The highest BCUT2D eigenvalue weighted by molar-refractivity contribution is 5.87. The van der Waals surface area contributed by atoms with E-state index in [0.29, 0.717) is 12.0 Å². The highest BCUT2D eigenvalue weighted by atomic mass is 19.4. The van der Waals surface area contributed by atoms with Crippen molar-refractivity contribution in [1.29, 1.82) is 0 Å². The zero-order valence-electron chi connectivity index (χ0n) is 13.8. The van der Waals surface area contributed by atoms with Gasteiger partial charge in [-0.15, -0.1) is 13.2 Å². The summed E-state index contributed by atoms with van der Waals surface area (Å²) < 4.78 is 41.4. The number of carboxylic acid groups (broad SMARTS) is 1. The fourth-order valence-corrected chi connectivity index (χ4v) is 2.80. The quantitative estimate of drug-likeness (QED) is 0.783. The van der Waals surface area contributed by atoms with Crippen molar-refractivity contribution < 1.29 is 32.6 Å². The maximum atomic E-state index is 12.5. The molecule has 2 rings (SSSR count). The number of ether oxygens (including phenoxy) is 1. The molecule has 5 nitrogen and oxygen atoms in total. The predicted octanol–water partition coefficient (Wildman–Crippen LogP) is 3.30. The zero-order chi connectivity index (χ0) is 18.8. The van der Waals surface area contributed by atoms with E-state index in [9.17, 15) is 22.8 Å². The number of rotatable bonds is 7. The van der Waals surface area contributed by atoms with Gasteiger partial charge in [0.05, 0.1) is 0 Å². The lowest BCUT2D eigenvalue weighted by molar-refractivity contribution is -0.274. The van der Waals surface area contributed by atoms with Crippen LogP contribution >= 0.6 is 0 Å². The highest BCUT2D eigenvalue weighted by Crippen LogP contribution is 2.51. The molecule has 138 valence electrons. The van der Waals surface area contributed by atoms with Crippen molar-refractivity contribution in [2.24, 2.45) is 11.8 Å². The smallest absolute Gasteiger partial charge is 0.480 e. The summed E-state index contributed by atoms with van der Waals surface area (Å²) in [5, 5.41) is 11.6. The van der Waals surface area contributed by atoms with Crippen LogP contribution in [0.5, 0.6) is 5.75 Å². The lowest BCUT2D eigenvalue weighted by Crippen LogP contribution is -2.42. The van der Waals surface area contributed by atoms with Crippen molar-refractivity contribution in [3.8, 4) is 5.75 Å². The second-order valence-electron chi connectivity index (χ2n) is 6.56. The number of carbonyl (C=O) groups is 2. The van der Waals surface area contributed by atoms with Crippen molar-refractivity contribution >= 4 is 11.9 Å². The molecule has 0 saturated heterocycles. The fraction of sp³-hybridized carbons (Fsp3) is 0.529. The molecular formula is C17H20F3NO4. The minimum absolute atomic E-state index is 0.0808. The Morgan fingerprint density at radius 3 is 2.52 bits per heavy atom. The van der Waals surface area contributed by atoms with Crippen molar-refractivity contribution in [1.82, 2.24) is 5.32 Å². The molecule has 1 aromatic rings. The molecule has 0 heterocycles. The average molecular weight is 359 g/mol. The number of carboxylic acids is 1. The van der Waals surface area contributed by atoms with Crippen LogP contribution in [0.2, 0.25) is 0 Å². The summed E-state index contributed by atoms with van der Waals surface area (Å²) >= 11 is 0. The molecule has 2 N–H and O–H groups in total. The Kier molecular flexibility index (Phi) is 5.59. The minimum atomic E-state index is -4.81. The highest BCUT2D eigenvalue weighted by Gasteiger charge is 2.47. The van der Waals surface area contributed by atoms with Gasteiger partial charge in [0.2, 0.25) is 5.91 Å². The molecule has 0 aromatic heterocycles. The summed E-state index contributed by atoms with van der Waals surface area (Å²) in [7, 11) is 0. The van der Waals surface area contributed by atoms with Gasteiger partial charge in [-0.2, -0.15) is 0 Å². The standard InChI is InChI=1S/C17H20F3NO4/c1-9(2)7-13(16(23)24)21-15(22)12-8-11(12)10-5-3-4-6-14(10)25-17(18,19)20/h3-6,9,11-13H,7-8H2,1-2H3,(H,21,22)(H,23,24)/t11?,12?,13-/m0/s1. The lowest BCUT2D eigenvalue weighted by atomic mass is 10.0. The third-order valence-corrected chi connectivity index (χ3v) is 3.99.